The molecule has 0 bridgehead atoms. The van der Waals surface area contributed by atoms with Gasteiger partial charge in [-0.05, 0) is 12.1 Å². The summed E-state index contributed by atoms with van der Waals surface area (Å²) in [6.45, 7) is 0.721. The van der Waals surface area contributed by atoms with Gasteiger partial charge < -0.3 is 20.3 Å². The first-order valence-corrected chi connectivity index (χ1v) is 5.97. The minimum Gasteiger partial charge on any atom is -0.490 e. The molecule has 0 atom stereocenters. The fraction of sp³-hybridized carbons (Fsp3) is 0.417. The highest BCUT2D eigenvalue weighted by Gasteiger charge is 2.19. The van der Waals surface area contributed by atoms with Crippen LogP contribution in [0.2, 0.25) is 0 Å². The van der Waals surface area contributed by atoms with Gasteiger partial charge in [0, 0.05) is 27.2 Å². The van der Waals surface area contributed by atoms with Crippen LogP contribution in [0.15, 0.2) is 18.2 Å². The summed E-state index contributed by atoms with van der Waals surface area (Å²) in [7, 11) is 4.65. The Morgan fingerprint density at radius 3 is 2.65 bits per heavy atom. The second kappa shape index (κ2) is 7.17. The van der Waals surface area contributed by atoms with Gasteiger partial charge in [-0.1, -0.05) is 6.07 Å². The largest absolute Gasteiger partial charge is 0.490 e. The molecule has 1 aromatic rings. The number of nitro benzene ring substituents is 1. The number of hydrogen-bond donors (Lipinski definition) is 2. The Hall–Kier alpha value is -2.51. The van der Waals surface area contributed by atoms with Gasteiger partial charge in [-0.15, -0.1) is 0 Å². The molecule has 0 radical (unpaired) electrons. The highest BCUT2D eigenvalue weighted by Crippen LogP contribution is 2.34. The van der Waals surface area contributed by atoms with Crippen LogP contribution >= 0.6 is 0 Å². The Balaban J connectivity index is 2.64. The molecule has 2 amide bonds. The molecule has 1 rings (SSSR count). The number of nitrogens with one attached hydrogen (secondary N) is 2. The van der Waals surface area contributed by atoms with Gasteiger partial charge in [-0.3, -0.25) is 10.1 Å². The topological polar surface area (TPSA) is 96.7 Å². The smallest absolute Gasteiger partial charge is 0.333 e. The number of nitrogens with zero attached hydrogens (tertiary/aromatic N) is 2. The van der Waals surface area contributed by atoms with Crippen LogP contribution in [0.3, 0.4) is 0 Å². The van der Waals surface area contributed by atoms with E-state index in [2.05, 4.69) is 10.6 Å². The van der Waals surface area contributed by atoms with Crippen LogP contribution in [-0.4, -0.2) is 50.1 Å². The molecule has 110 valence electrons. The molecule has 0 unspecified atom stereocenters. The van der Waals surface area contributed by atoms with Crippen molar-refractivity contribution in [2.75, 3.05) is 39.6 Å². The van der Waals surface area contributed by atoms with Crippen LogP contribution < -0.4 is 15.4 Å². The number of urea groups is 1. The zero-order chi connectivity index (χ0) is 15.1. The molecule has 0 aliphatic heterocycles. The Morgan fingerprint density at radius 1 is 1.40 bits per heavy atom. The van der Waals surface area contributed by atoms with Crippen molar-refractivity contribution in [1.82, 2.24) is 10.2 Å². The van der Waals surface area contributed by atoms with E-state index in [0.717, 1.165) is 0 Å². The molecule has 0 saturated carbocycles. The lowest BCUT2D eigenvalue weighted by Crippen LogP contribution is -2.37. The predicted octanol–water partition coefficient (Wildman–Crippen LogP) is 1.29. The van der Waals surface area contributed by atoms with E-state index in [0.29, 0.717) is 18.8 Å². The maximum atomic E-state index is 11.3. The molecule has 2 N–H and O–H groups in total. The van der Waals surface area contributed by atoms with Crippen molar-refractivity contribution in [3.63, 3.8) is 0 Å². The van der Waals surface area contributed by atoms with E-state index in [9.17, 15) is 14.9 Å². The molecule has 20 heavy (non-hydrogen) atoms. The first kappa shape index (κ1) is 15.5. The SMILES string of the molecule is COc1cccc(NCCNC(=O)N(C)C)c1[N+](=O)[O-]. The molecule has 0 heterocycles. The summed E-state index contributed by atoms with van der Waals surface area (Å²) in [6, 6.07) is 4.56. The van der Waals surface area contributed by atoms with E-state index in [1.807, 2.05) is 0 Å². The van der Waals surface area contributed by atoms with Crippen molar-refractivity contribution >= 4 is 17.4 Å². The molecule has 0 fully saturated rings. The molecule has 1 aromatic carbocycles. The van der Waals surface area contributed by atoms with Crippen LogP contribution in [-0.2, 0) is 0 Å². The number of benzene rings is 1. The molecule has 0 aliphatic carbocycles. The summed E-state index contributed by atoms with van der Waals surface area (Å²) < 4.78 is 4.97. The lowest BCUT2D eigenvalue weighted by atomic mass is 10.2. The number of anilines is 1. The number of methoxy groups -OCH3 is 1. The van der Waals surface area contributed by atoms with Crippen LogP contribution in [0.25, 0.3) is 0 Å². The lowest BCUT2D eigenvalue weighted by Gasteiger charge is -2.13. The highest BCUT2D eigenvalue weighted by atomic mass is 16.6. The first-order chi connectivity index (χ1) is 9.47. The first-order valence-electron chi connectivity index (χ1n) is 5.97. The number of para-hydroxylation sites is 1. The zero-order valence-corrected chi connectivity index (χ0v) is 11.7. The summed E-state index contributed by atoms with van der Waals surface area (Å²) in [5, 5.41) is 16.6. The molecule has 8 heteroatoms. The third kappa shape index (κ3) is 4.01. The quantitative estimate of drug-likeness (QED) is 0.465. The van der Waals surface area contributed by atoms with Crippen molar-refractivity contribution in [1.29, 1.82) is 0 Å². The summed E-state index contributed by atoms with van der Waals surface area (Å²) in [6.07, 6.45) is 0. The zero-order valence-electron chi connectivity index (χ0n) is 11.7. The van der Waals surface area contributed by atoms with Crippen LogP contribution in [0.1, 0.15) is 0 Å². The molecular formula is C12H18N4O4. The van der Waals surface area contributed by atoms with Crippen LogP contribution in [0.4, 0.5) is 16.2 Å². The van der Waals surface area contributed by atoms with Gasteiger partial charge in [0.15, 0.2) is 5.75 Å². The van der Waals surface area contributed by atoms with Crippen molar-refractivity contribution in [3.8, 4) is 5.75 Å². The van der Waals surface area contributed by atoms with Gasteiger partial charge in [-0.25, -0.2) is 4.79 Å². The maximum absolute atomic E-state index is 11.3. The number of ether oxygens (including phenoxy) is 1. The summed E-state index contributed by atoms with van der Waals surface area (Å²) in [4.78, 5) is 23.2. The Morgan fingerprint density at radius 2 is 2.10 bits per heavy atom. The van der Waals surface area contributed by atoms with Crippen molar-refractivity contribution < 1.29 is 14.5 Å². The van der Waals surface area contributed by atoms with Crippen LogP contribution in [0.5, 0.6) is 5.75 Å². The number of carbonyl (C=O) groups excluding carboxylic acids is 1. The minimum atomic E-state index is -0.500. The highest BCUT2D eigenvalue weighted by molar-refractivity contribution is 5.73. The fourth-order valence-electron chi connectivity index (χ4n) is 1.54. The normalized spacial score (nSPS) is 9.75. The maximum Gasteiger partial charge on any atom is 0.333 e. The number of amides is 2. The van der Waals surface area contributed by atoms with E-state index in [1.54, 1.807) is 26.2 Å². The Kier molecular flexibility index (Phi) is 5.57. The van der Waals surface area contributed by atoms with E-state index in [1.165, 1.54) is 18.1 Å². The van der Waals surface area contributed by atoms with Gasteiger partial charge in [0.25, 0.3) is 0 Å². The fourth-order valence-corrected chi connectivity index (χ4v) is 1.54. The molecule has 0 aromatic heterocycles. The molecule has 0 saturated heterocycles. The summed E-state index contributed by atoms with van der Waals surface area (Å²) >= 11 is 0. The number of hydrogen-bond acceptors (Lipinski definition) is 5. The van der Waals surface area contributed by atoms with Crippen molar-refractivity contribution in [2.45, 2.75) is 0 Å². The second-order valence-electron chi connectivity index (χ2n) is 4.17. The third-order valence-corrected chi connectivity index (χ3v) is 2.52. The molecule has 0 spiro atoms. The van der Waals surface area contributed by atoms with E-state index >= 15 is 0 Å². The van der Waals surface area contributed by atoms with Gasteiger partial charge in [0.05, 0.1) is 12.0 Å². The average Bonchev–Trinajstić information content (AvgIpc) is 2.42. The molecule has 8 nitrogen and oxygen atoms in total. The van der Waals surface area contributed by atoms with E-state index in [4.69, 9.17) is 4.74 Å². The van der Waals surface area contributed by atoms with Gasteiger partial charge >= 0.3 is 11.7 Å². The number of carbonyl (C=O) groups is 1. The second-order valence-corrected chi connectivity index (χ2v) is 4.17. The van der Waals surface area contributed by atoms with Crippen LogP contribution in [0, 0.1) is 10.1 Å². The molecule has 0 aliphatic rings. The summed E-state index contributed by atoms with van der Waals surface area (Å²) in [5.41, 5.74) is 0.238. The number of nitro groups is 1. The Labute approximate surface area is 116 Å². The Bertz CT molecular complexity index is 490. The number of rotatable bonds is 6. The lowest BCUT2D eigenvalue weighted by molar-refractivity contribution is -0.384. The monoisotopic (exact) mass is 282 g/mol. The molecular weight excluding hydrogens is 264 g/mol. The van der Waals surface area contributed by atoms with E-state index < -0.39 is 4.92 Å². The third-order valence-electron chi connectivity index (χ3n) is 2.52. The average molecular weight is 282 g/mol. The van der Waals surface area contributed by atoms with Crippen molar-refractivity contribution in [2.24, 2.45) is 0 Å². The predicted molar refractivity (Wildman–Crippen MR) is 75.2 cm³/mol. The summed E-state index contributed by atoms with van der Waals surface area (Å²) in [5.74, 6) is 0.192. The minimum absolute atomic E-state index is 0.117. The standard InChI is InChI=1S/C12H18N4O4/c1-15(2)12(17)14-8-7-13-9-5-4-6-10(20-3)11(9)16(18)19/h4-6,13H,7-8H2,1-3H3,(H,14,17). The van der Waals surface area contributed by atoms with Gasteiger partial charge in [0.1, 0.15) is 5.69 Å². The van der Waals surface area contributed by atoms with Crippen molar-refractivity contribution in [3.05, 3.63) is 28.3 Å². The van der Waals surface area contributed by atoms with E-state index in [-0.39, 0.29) is 17.5 Å². The van der Waals surface area contributed by atoms with Gasteiger partial charge in [0.2, 0.25) is 0 Å². The van der Waals surface area contributed by atoms with Gasteiger partial charge in [-0.2, -0.15) is 0 Å².